The van der Waals surface area contributed by atoms with Gasteiger partial charge in [0.05, 0.1) is 12.1 Å². The van der Waals surface area contributed by atoms with E-state index in [-0.39, 0.29) is 18.7 Å². The Balaban J connectivity index is 2.08. The normalized spacial score (nSPS) is 24.7. The predicted molar refractivity (Wildman–Crippen MR) is 73.2 cm³/mol. The van der Waals surface area contributed by atoms with Crippen LogP contribution in [0.25, 0.3) is 5.57 Å². The van der Waals surface area contributed by atoms with Crippen molar-refractivity contribution in [1.29, 1.82) is 0 Å². The Morgan fingerprint density at radius 3 is 3.00 bits per heavy atom. The van der Waals surface area contributed by atoms with Gasteiger partial charge in [0.15, 0.2) is 0 Å². The summed E-state index contributed by atoms with van der Waals surface area (Å²) in [6.45, 7) is 0.0128. The van der Waals surface area contributed by atoms with Gasteiger partial charge in [0, 0.05) is 18.4 Å². The van der Waals surface area contributed by atoms with E-state index in [9.17, 15) is 4.79 Å². The van der Waals surface area contributed by atoms with Gasteiger partial charge in [-0.2, -0.15) is 0 Å². The highest BCUT2D eigenvalue weighted by Gasteiger charge is 2.41. The summed E-state index contributed by atoms with van der Waals surface area (Å²) in [5, 5.41) is 9.15. The average molecular weight is 259 g/mol. The number of carbonyl (C=O) groups is 1. The zero-order chi connectivity index (χ0) is 13.4. The van der Waals surface area contributed by atoms with E-state index in [2.05, 4.69) is 12.1 Å². The van der Waals surface area contributed by atoms with Crippen molar-refractivity contribution in [2.75, 3.05) is 18.6 Å². The maximum absolute atomic E-state index is 11.1. The molecule has 3 rings (SSSR count). The molecule has 1 heterocycles. The minimum Gasteiger partial charge on any atom is -0.480 e. The molecule has 1 aliphatic carbocycles. The summed E-state index contributed by atoms with van der Waals surface area (Å²) in [5.74, 6) is -0.809. The molecule has 0 saturated carbocycles. The van der Waals surface area contributed by atoms with E-state index in [0.29, 0.717) is 0 Å². The van der Waals surface area contributed by atoms with Gasteiger partial charge >= 0.3 is 5.97 Å². The van der Waals surface area contributed by atoms with E-state index in [4.69, 9.17) is 9.84 Å². The number of hydrogen-bond acceptors (Lipinski definition) is 3. The quantitative estimate of drug-likeness (QED) is 0.903. The summed E-state index contributed by atoms with van der Waals surface area (Å²) in [6, 6.07) is 8.04. The largest absolute Gasteiger partial charge is 0.480 e. The zero-order valence-corrected chi connectivity index (χ0v) is 10.9. The Morgan fingerprint density at radius 2 is 2.26 bits per heavy atom. The van der Waals surface area contributed by atoms with E-state index in [1.807, 2.05) is 23.1 Å². The maximum atomic E-state index is 11.1. The molecule has 0 saturated heterocycles. The van der Waals surface area contributed by atoms with E-state index < -0.39 is 5.97 Å². The number of nitrogens with zero attached hydrogens (tertiary/aromatic N) is 1. The minimum absolute atomic E-state index is 0.0128. The number of aliphatic carboxylic acids is 1. The minimum atomic E-state index is -0.809. The molecule has 2 unspecified atom stereocenters. The Labute approximate surface area is 112 Å². The molecule has 0 amide bonds. The van der Waals surface area contributed by atoms with Gasteiger partial charge in [-0.1, -0.05) is 24.3 Å². The number of ether oxygens (including phenoxy) is 1. The van der Waals surface area contributed by atoms with Gasteiger partial charge < -0.3 is 14.7 Å². The fourth-order valence-corrected chi connectivity index (χ4v) is 3.21. The SMILES string of the molecule is COC1CCC=C2c3ccccc3N(CC(=O)O)C21. The Morgan fingerprint density at radius 1 is 1.47 bits per heavy atom. The van der Waals surface area contributed by atoms with E-state index in [1.165, 1.54) is 5.57 Å². The Bertz CT molecular complexity index is 538. The van der Waals surface area contributed by atoms with Crippen molar-refractivity contribution in [1.82, 2.24) is 0 Å². The van der Waals surface area contributed by atoms with Gasteiger partial charge in [-0.05, 0) is 24.5 Å². The van der Waals surface area contributed by atoms with Gasteiger partial charge in [-0.25, -0.2) is 0 Å². The van der Waals surface area contributed by atoms with E-state index in [1.54, 1.807) is 7.11 Å². The van der Waals surface area contributed by atoms with Crippen LogP contribution in [0.1, 0.15) is 18.4 Å². The van der Waals surface area contributed by atoms with Crippen molar-refractivity contribution >= 4 is 17.2 Å². The lowest BCUT2D eigenvalue weighted by molar-refractivity contribution is -0.135. The van der Waals surface area contributed by atoms with Gasteiger partial charge in [0.2, 0.25) is 0 Å². The number of methoxy groups -OCH3 is 1. The highest BCUT2D eigenvalue weighted by atomic mass is 16.5. The molecular weight excluding hydrogens is 242 g/mol. The third-order valence-electron chi connectivity index (χ3n) is 3.95. The lowest BCUT2D eigenvalue weighted by Crippen LogP contribution is -2.45. The van der Waals surface area contributed by atoms with Crippen molar-refractivity contribution in [3.05, 3.63) is 35.9 Å². The molecule has 100 valence electrons. The standard InChI is InChI=1S/C15H17NO3/c1-19-13-8-4-6-11-10-5-2-3-7-12(10)16(15(11)13)9-14(17)18/h2-3,5-7,13,15H,4,8-9H2,1H3,(H,17,18). The van der Waals surface area contributed by atoms with Crippen LogP contribution in [0, 0.1) is 0 Å². The number of allylic oxidation sites excluding steroid dienone is 1. The summed E-state index contributed by atoms with van der Waals surface area (Å²) in [7, 11) is 1.70. The molecule has 0 radical (unpaired) electrons. The molecular formula is C15H17NO3. The number of carboxylic acid groups (broad SMARTS) is 1. The van der Waals surface area contributed by atoms with Crippen LogP contribution in [0.15, 0.2) is 30.3 Å². The summed E-state index contributed by atoms with van der Waals surface area (Å²) in [4.78, 5) is 13.1. The fourth-order valence-electron chi connectivity index (χ4n) is 3.21. The monoisotopic (exact) mass is 259 g/mol. The number of carboxylic acids is 1. The number of hydrogen-bond donors (Lipinski definition) is 1. The van der Waals surface area contributed by atoms with Crippen LogP contribution in [0.2, 0.25) is 0 Å². The van der Waals surface area contributed by atoms with Gasteiger partial charge in [-0.15, -0.1) is 0 Å². The molecule has 2 aliphatic rings. The second-order valence-electron chi connectivity index (χ2n) is 4.99. The molecule has 0 spiro atoms. The van der Waals surface area contributed by atoms with Crippen molar-refractivity contribution in [2.45, 2.75) is 25.0 Å². The van der Waals surface area contributed by atoms with Crippen molar-refractivity contribution in [3.63, 3.8) is 0 Å². The molecule has 19 heavy (non-hydrogen) atoms. The third-order valence-corrected chi connectivity index (χ3v) is 3.95. The summed E-state index contributed by atoms with van der Waals surface area (Å²) >= 11 is 0. The first-order chi connectivity index (χ1) is 9.22. The average Bonchev–Trinajstić information content (AvgIpc) is 2.73. The molecule has 1 N–H and O–H groups in total. The molecule has 1 aromatic carbocycles. The van der Waals surface area contributed by atoms with Gasteiger partial charge in [0.25, 0.3) is 0 Å². The second-order valence-corrected chi connectivity index (χ2v) is 4.99. The van der Waals surface area contributed by atoms with Crippen molar-refractivity contribution < 1.29 is 14.6 Å². The van der Waals surface area contributed by atoms with Crippen LogP contribution in [-0.4, -0.2) is 36.9 Å². The summed E-state index contributed by atoms with van der Waals surface area (Å²) in [6.07, 6.45) is 4.21. The highest BCUT2D eigenvalue weighted by Crippen LogP contribution is 2.44. The summed E-state index contributed by atoms with van der Waals surface area (Å²) < 4.78 is 5.57. The van der Waals surface area contributed by atoms with E-state index >= 15 is 0 Å². The van der Waals surface area contributed by atoms with Crippen LogP contribution >= 0.6 is 0 Å². The van der Waals surface area contributed by atoms with Crippen molar-refractivity contribution in [3.8, 4) is 0 Å². The number of benzene rings is 1. The van der Waals surface area contributed by atoms with Gasteiger partial charge in [0.1, 0.15) is 6.54 Å². The molecule has 0 fully saturated rings. The molecule has 1 aliphatic heterocycles. The van der Waals surface area contributed by atoms with Gasteiger partial charge in [-0.3, -0.25) is 4.79 Å². The number of rotatable bonds is 3. The first-order valence-corrected chi connectivity index (χ1v) is 6.53. The van der Waals surface area contributed by atoms with E-state index in [0.717, 1.165) is 24.1 Å². The molecule has 4 heteroatoms. The lowest BCUT2D eigenvalue weighted by Gasteiger charge is -2.34. The number of fused-ring (bicyclic) bond motifs is 3. The van der Waals surface area contributed by atoms with Crippen LogP contribution in [-0.2, 0) is 9.53 Å². The first kappa shape index (κ1) is 12.2. The third kappa shape index (κ3) is 1.92. The smallest absolute Gasteiger partial charge is 0.323 e. The Kier molecular flexibility index (Phi) is 3.03. The van der Waals surface area contributed by atoms with Crippen molar-refractivity contribution in [2.24, 2.45) is 0 Å². The number of anilines is 1. The van der Waals surface area contributed by atoms with Crippen LogP contribution in [0.4, 0.5) is 5.69 Å². The molecule has 0 aromatic heterocycles. The predicted octanol–water partition coefficient (Wildman–Crippen LogP) is 2.15. The summed E-state index contributed by atoms with van der Waals surface area (Å²) in [5.41, 5.74) is 3.37. The molecule has 1 aromatic rings. The Hall–Kier alpha value is -1.81. The molecule has 2 atom stereocenters. The van der Waals surface area contributed by atoms with Crippen LogP contribution in [0.3, 0.4) is 0 Å². The number of para-hydroxylation sites is 1. The molecule has 4 nitrogen and oxygen atoms in total. The highest BCUT2D eigenvalue weighted by molar-refractivity contribution is 5.91. The second kappa shape index (κ2) is 4.70. The van der Waals surface area contributed by atoms with Crippen LogP contribution < -0.4 is 4.90 Å². The lowest BCUT2D eigenvalue weighted by atomic mass is 9.89. The zero-order valence-electron chi connectivity index (χ0n) is 10.9. The van der Waals surface area contributed by atoms with Crippen LogP contribution in [0.5, 0.6) is 0 Å². The first-order valence-electron chi connectivity index (χ1n) is 6.53. The topological polar surface area (TPSA) is 49.8 Å². The molecule has 0 bridgehead atoms. The fraction of sp³-hybridized carbons (Fsp3) is 0.400. The maximum Gasteiger partial charge on any atom is 0.323 e.